The largest absolute Gasteiger partial charge is 0.481 e. The molecule has 0 radical (unpaired) electrons. The molecule has 0 aliphatic rings. The molecule has 0 rings (SSSR count). The summed E-state index contributed by atoms with van der Waals surface area (Å²) < 4.78 is 0. The van der Waals surface area contributed by atoms with Gasteiger partial charge in [0.05, 0.1) is 26.4 Å². The molecule has 0 aromatic rings. The Kier molecular flexibility index (Phi) is 25.9. The third-order valence-corrected chi connectivity index (χ3v) is 0.505. The van der Waals surface area contributed by atoms with E-state index in [0.717, 1.165) is 6.92 Å². The van der Waals surface area contributed by atoms with Crippen molar-refractivity contribution in [2.75, 3.05) is 26.4 Å². The zero-order chi connectivity index (χ0) is 10.5. The van der Waals surface area contributed by atoms with E-state index in [1.165, 1.54) is 0 Å². The van der Waals surface area contributed by atoms with Gasteiger partial charge in [-0.1, -0.05) is 5.64 Å². The summed E-state index contributed by atoms with van der Waals surface area (Å²) in [6, 6.07) is 0. The molecule has 0 spiro atoms. The summed E-state index contributed by atoms with van der Waals surface area (Å²) in [5.74, 6) is -0.833. The quantitative estimate of drug-likeness (QED) is 0.262. The Morgan fingerprint density at radius 1 is 1.21 bits per heavy atom. The van der Waals surface area contributed by atoms with Crippen molar-refractivity contribution in [1.29, 1.82) is 0 Å². The maximum atomic E-state index is 9.00. The van der Waals surface area contributed by atoms with Gasteiger partial charge in [0.2, 0.25) is 0 Å². The van der Waals surface area contributed by atoms with Crippen LogP contribution in [0.3, 0.4) is 0 Å². The van der Waals surface area contributed by atoms with Gasteiger partial charge in [-0.15, -0.1) is 0 Å². The molecule has 8 heteroatoms. The van der Waals surface area contributed by atoms with Crippen LogP contribution in [0.1, 0.15) is 6.92 Å². The second-order valence-corrected chi connectivity index (χ2v) is 1.75. The number of carboxylic acids is 1. The van der Waals surface area contributed by atoms with Crippen LogP contribution >= 0.6 is 0 Å². The van der Waals surface area contributed by atoms with Crippen LogP contribution in [-0.4, -0.2) is 47.7 Å². The molecule has 0 saturated heterocycles. The first-order valence-electron chi connectivity index (χ1n) is 3.55. The zero-order valence-corrected chi connectivity index (χ0v) is 11.1. The van der Waals surface area contributed by atoms with Crippen molar-refractivity contribution in [3.8, 4) is 0 Å². The van der Waals surface area contributed by atoms with Crippen LogP contribution in [0.4, 0.5) is 0 Å². The number of aliphatic hydroxyl groups excluding tert-OH is 2. The molecule has 0 fully saturated rings. The normalized spacial score (nSPS) is 8.21. The summed E-state index contributed by atoms with van der Waals surface area (Å²) >= 11 is 0. The van der Waals surface area contributed by atoms with Crippen molar-refractivity contribution in [2.24, 2.45) is 0 Å². The van der Waals surface area contributed by atoms with Crippen molar-refractivity contribution < 1.29 is 49.3 Å². The number of aliphatic hydroxyl groups is 2. The Morgan fingerprint density at radius 3 is 1.71 bits per heavy atom. The SMILES string of the molecule is CC(=O)O.OCCONOCCO.[Zn]. The first-order chi connectivity index (χ1) is 6.15. The van der Waals surface area contributed by atoms with E-state index in [-0.39, 0.29) is 45.9 Å². The predicted octanol–water partition coefficient (Wildman–Crippen LogP) is -1.49. The molecule has 0 aromatic carbocycles. The molecule has 0 unspecified atom stereocenters. The molecule has 0 saturated carbocycles. The van der Waals surface area contributed by atoms with Gasteiger partial charge in [-0.3, -0.25) is 14.5 Å². The van der Waals surface area contributed by atoms with E-state index < -0.39 is 5.97 Å². The van der Waals surface area contributed by atoms with Gasteiger partial charge in [0.25, 0.3) is 5.97 Å². The summed E-state index contributed by atoms with van der Waals surface area (Å²) in [5.41, 5.74) is 2.07. The van der Waals surface area contributed by atoms with Gasteiger partial charge >= 0.3 is 0 Å². The average Bonchev–Trinajstić information content (AvgIpc) is 2.03. The van der Waals surface area contributed by atoms with Gasteiger partial charge in [0.15, 0.2) is 0 Å². The molecule has 0 amide bonds. The van der Waals surface area contributed by atoms with Gasteiger partial charge in [0, 0.05) is 26.4 Å². The van der Waals surface area contributed by atoms with Gasteiger partial charge in [-0.05, 0) is 0 Å². The van der Waals surface area contributed by atoms with Crippen molar-refractivity contribution >= 4 is 5.97 Å². The van der Waals surface area contributed by atoms with Crippen LogP contribution < -0.4 is 5.64 Å². The number of hydrogen-bond acceptors (Lipinski definition) is 6. The topological polar surface area (TPSA) is 108 Å². The minimum atomic E-state index is -0.833. The third-order valence-electron chi connectivity index (χ3n) is 0.505. The molecule has 0 aromatic heterocycles. The van der Waals surface area contributed by atoms with Crippen molar-refractivity contribution in [2.45, 2.75) is 6.92 Å². The molecule has 0 aliphatic heterocycles. The van der Waals surface area contributed by atoms with Crippen LogP contribution in [0.25, 0.3) is 0 Å². The fraction of sp³-hybridized carbons (Fsp3) is 0.833. The van der Waals surface area contributed by atoms with Gasteiger partial charge in [0.1, 0.15) is 0 Å². The second kappa shape index (κ2) is 18.6. The molecular weight excluding hydrogens is 247 g/mol. The Morgan fingerprint density at radius 2 is 1.50 bits per heavy atom. The van der Waals surface area contributed by atoms with E-state index in [9.17, 15) is 0 Å². The first kappa shape index (κ1) is 19.5. The van der Waals surface area contributed by atoms with Crippen molar-refractivity contribution in [1.82, 2.24) is 5.64 Å². The standard InChI is InChI=1S/C4H11NO4.C2H4O2.Zn/c6-1-3-8-5-9-4-2-7;1-2(3)4;/h5-7H,1-4H2;1H3,(H,3,4);. The molecule has 82 valence electrons. The molecule has 14 heavy (non-hydrogen) atoms. The minimum Gasteiger partial charge on any atom is -0.481 e. The second-order valence-electron chi connectivity index (χ2n) is 1.75. The van der Waals surface area contributed by atoms with Crippen LogP contribution in [0.15, 0.2) is 0 Å². The smallest absolute Gasteiger partial charge is 0.300 e. The number of carbonyl (C=O) groups is 1. The number of hydrogen-bond donors (Lipinski definition) is 4. The molecule has 0 atom stereocenters. The van der Waals surface area contributed by atoms with Crippen LogP contribution in [0.5, 0.6) is 0 Å². The van der Waals surface area contributed by atoms with E-state index in [2.05, 4.69) is 15.3 Å². The number of carboxylic acid groups (broad SMARTS) is 1. The summed E-state index contributed by atoms with van der Waals surface area (Å²) in [6.45, 7) is 1.31. The fourth-order valence-electron chi connectivity index (χ4n) is 0.216. The fourth-order valence-corrected chi connectivity index (χ4v) is 0.216. The summed E-state index contributed by atoms with van der Waals surface area (Å²) in [7, 11) is 0. The van der Waals surface area contributed by atoms with E-state index in [4.69, 9.17) is 20.1 Å². The van der Waals surface area contributed by atoms with Crippen LogP contribution in [0.2, 0.25) is 0 Å². The van der Waals surface area contributed by atoms with Gasteiger partial charge in [-0.25, -0.2) is 0 Å². The average molecular weight is 263 g/mol. The van der Waals surface area contributed by atoms with Crippen LogP contribution in [-0.2, 0) is 33.9 Å². The van der Waals surface area contributed by atoms with E-state index in [1.807, 2.05) is 0 Å². The van der Waals surface area contributed by atoms with E-state index in [1.54, 1.807) is 0 Å². The van der Waals surface area contributed by atoms with E-state index in [0.29, 0.717) is 0 Å². The first-order valence-corrected chi connectivity index (χ1v) is 3.55. The molecule has 0 heterocycles. The Balaban J connectivity index is -0.000000209. The predicted molar refractivity (Wildman–Crippen MR) is 42.5 cm³/mol. The van der Waals surface area contributed by atoms with Gasteiger partial charge in [-0.2, -0.15) is 0 Å². The Bertz CT molecular complexity index is 104. The maximum Gasteiger partial charge on any atom is 0.300 e. The molecule has 0 bridgehead atoms. The Hall–Kier alpha value is -0.107. The van der Waals surface area contributed by atoms with Crippen LogP contribution in [0, 0.1) is 0 Å². The number of aliphatic carboxylic acids is 1. The summed E-state index contributed by atoms with van der Waals surface area (Å²) in [6.07, 6.45) is 0. The maximum absolute atomic E-state index is 9.00. The number of nitrogens with one attached hydrogen (secondary N) is 1. The molecular formula is C6H15NO6Zn. The molecule has 0 aliphatic carbocycles. The van der Waals surface area contributed by atoms with E-state index >= 15 is 0 Å². The minimum absolute atomic E-state index is 0. The Labute approximate surface area is 94.7 Å². The third kappa shape index (κ3) is 40.6. The van der Waals surface area contributed by atoms with Crippen molar-refractivity contribution in [3.63, 3.8) is 0 Å². The van der Waals surface area contributed by atoms with Gasteiger partial charge < -0.3 is 15.3 Å². The monoisotopic (exact) mass is 261 g/mol. The zero-order valence-electron chi connectivity index (χ0n) is 8.10. The van der Waals surface area contributed by atoms with Crippen molar-refractivity contribution in [3.05, 3.63) is 0 Å². The molecule has 7 nitrogen and oxygen atoms in total. The summed E-state index contributed by atoms with van der Waals surface area (Å²) in [4.78, 5) is 17.9. The number of rotatable bonds is 6. The molecule has 4 N–H and O–H groups in total. The summed E-state index contributed by atoms with van der Waals surface area (Å²) in [5, 5.41) is 23.7.